The summed E-state index contributed by atoms with van der Waals surface area (Å²) in [7, 11) is -9.90. The average molecular weight is 1350 g/mol. The normalized spacial score (nSPS) is 14.1. The van der Waals surface area contributed by atoms with Crippen molar-refractivity contribution in [3.8, 4) is 0 Å². The van der Waals surface area contributed by atoms with Crippen molar-refractivity contribution < 1.29 is 80.2 Å². The van der Waals surface area contributed by atoms with E-state index in [1.807, 2.05) is 0 Å². The quantitative estimate of drug-likeness (QED) is 0.0222. The fourth-order valence-electron chi connectivity index (χ4n) is 11.1. The summed E-state index contributed by atoms with van der Waals surface area (Å²) in [6.07, 6.45) is 51.8. The third kappa shape index (κ3) is 66.7. The molecule has 0 saturated carbocycles. The summed E-state index contributed by atoms with van der Waals surface area (Å²) in [5.41, 5.74) is 0. The van der Waals surface area contributed by atoms with Crippen LogP contribution in [0.1, 0.15) is 375 Å². The first-order valence-electron chi connectivity index (χ1n) is 38.0. The van der Waals surface area contributed by atoms with Crippen molar-refractivity contribution >= 4 is 39.5 Å². The number of phosphoric acid groups is 2. The van der Waals surface area contributed by atoms with Crippen molar-refractivity contribution in [2.75, 3.05) is 39.6 Å². The van der Waals surface area contributed by atoms with Crippen LogP contribution in [0.5, 0.6) is 0 Å². The standard InChI is InChI=1S/C73H142O17P2/c1-7-9-11-13-15-16-17-18-23-27-30-33-37-44-50-56-71(76)84-62-68(89-72(77)57-51-45-38-34-31-28-25-22-20-19-21-24-26-29-32-36-41-47-53-65(3)4)63-87-91(79,80)85-59-67(74)60-86-92(81,82)88-64-69(61-83-70(75)55-49-43-35-14-12-10-8-2)90-73(78)58-52-46-40-39-42-48-54-66(5)6/h65-69,74H,7-64H2,1-6H3,(H,79,80)(H,81,82)/t67-,68-,69-/m1/s1. The van der Waals surface area contributed by atoms with Gasteiger partial charge in [-0.05, 0) is 37.5 Å². The van der Waals surface area contributed by atoms with E-state index in [1.165, 1.54) is 180 Å². The lowest BCUT2D eigenvalue weighted by Gasteiger charge is -2.21. The maximum absolute atomic E-state index is 13.1. The van der Waals surface area contributed by atoms with Crippen LogP contribution in [0.15, 0.2) is 0 Å². The SMILES string of the molecule is CCCCCCCCCCCCCCCCCC(=O)OC[C@H](COP(=O)(O)OC[C@@H](O)COP(=O)(O)OC[C@@H](COC(=O)CCCCCCCCC)OC(=O)CCCCCCCCC(C)C)OC(=O)CCCCCCCCCCCCCCCCCCCCC(C)C. The molecule has 0 aromatic carbocycles. The van der Waals surface area contributed by atoms with Gasteiger partial charge in [0.15, 0.2) is 12.2 Å². The van der Waals surface area contributed by atoms with Gasteiger partial charge in [-0.25, -0.2) is 9.13 Å². The van der Waals surface area contributed by atoms with Crippen molar-refractivity contribution in [2.45, 2.75) is 394 Å². The molecule has 2 unspecified atom stereocenters. The Morgan fingerprint density at radius 3 is 0.739 bits per heavy atom. The monoisotopic (exact) mass is 1350 g/mol. The van der Waals surface area contributed by atoms with E-state index >= 15 is 0 Å². The molecule has 0 aliphatic heterocycles. The average Bonchev–Trinajstić information content (AvgIpc) is 1.87. The minimum Gasteiger partial charge on any atom is -0.462 e. The summed E-state index contributed by atoms with van der Waals surface area (Å²) >= 11 is 0. The molecule has 19 heteroatoms. The van der Waals surface area contributed by atoms with Gasteiger partial charge in [-0.15, -0.1) is 0 Å². The van der Waals surface area contributed by atoms with Gasteiger partial charge in [-0.2, -0.15) is 0 Å². The first-order chi connectivity index (χ1) is 44.4. The molecule has 0 aliphatic rings. The molecule has 546 valence electrons. The predicted molar refractivity (Wildman–Crippen MR) is 372 cm³/mol. The zero-order chi connectivity index (χ0) is 67.9. The van der Waals surface area contributed by atoms with E-state index in [0.717, 1.165) is 109 Å². The minimum atomic E-state index is -4.95. The Morgan fingerprint density at radius 1 is 0.293 bits per heavy atom. The number of rotatable bonds is 72. The maximum Gasteiger partial charge on any atom is 0.472 e. The summed E-state index contributed by atoms with van der Waals surface area (Å²) in [5.74, 6) is -0.639. The molecule has 0 rings (SSSR count). The van der Waals surface area contributed by atoms with E-state index in [9.17, 15) is 43.2 Å². The molecular weight excluding hydrogens is 1210 g/mol. The van der Waals surface area contributed by atoms with Crippen LogP contribution in [0.2, 0.25) is 0 Å². The van der Waals surface area contributed by atoms with Gasteiger partial charge in [-0.1, -0.05) is 324 Å². The van der Waals surface area contributed by atoms with Crippen molar-refractivity contribution in [3.63, 3.8) is 0 Å². The van der Waals surface area contributed by atoms with Crippen molar-refractivity contribution in [1.82, 2.24) is 0 Å². The number of ether oxygens (including phenoxy) is 4. The molecule has 0 aromatic heterocycles. The van der Waals surface area contributed by atoms with E-state index in [2.05, 4.69) is 41.5 Å². The van der Waals surface area contributed by atoms with E-state index in [1.54, 1.807) is 0 Å². The number of hydrogen-bond acceptors (Lipinski definition) is 15. The predicted octanol–water partition coefficient (Wildman–Crippen LogP) is 21.2. The Morgan fingerprint density at radius 2 is 0.500 bits per heavy atom. The number of aliphatic hydroxyl groups is 1. The molecular formula is C73H142O17P2. The third-order valence-electron chi connectivity index (χ3n) is 17.0. The number of phosphoric ester groups is 2. The van der Waals surface area contributed by atoms with Gasteiger partial charge in [0.05, 0.1) is 26.4 Å². The maximum atomic E-state index is 13.1. The molecule has 0 heterocycles. The lowest BCUT2D eigenvalue weighted by molar-refractivity contribution is -0.161. The van der Waals surface area contributed by atoms with Crippen LogP contribution in [0.3, 0.4) is 0 Å². The van der Waals surface area contributed by atoms with Crippen LogP contribution < -0.4 is 0 Å². The lowest BCUT2D eigenvalue weighted by atomic mass is 10.0. The zero-order valence-corrected chi connectivity index (χ0v) is 61.6. The van der Waals surface area contributed by atoms with Gasteiger partial charge in [-0.3, -0.25) is 37.3 Å². The smallest absolute Gasteiger partial charge is 0.462 e. The van der Waals surface area contributed by atoms with Crippen molar-refractivity contribution in [3.05, 3.63) is 0 Å². The van der Waals surface area contributed by atoms with Gasteiger partial charge < -0.3 is 33.8 Å². The number of esters is 4. The van der Waals surface area contributed by atoms with Crippen LogP contribution in [-0.2, 0) is 65.4 Å². The summed E-state index contributed by atoms with van der Waals surface area (Å²) < 4.78 is 68.2. The first-order valence-corrected chi connectivity index (χ1v) is 41.0. The van der Waals surface area contributed by atoms with E-state index in [-0.39, 0.29) is 25.7 Å². The van der Waals surface area contributed by atoms with Crippen LogP contribution in [0.4, 0.5) is 0 Å². The molecule has 0 aliphatic carbocycles. The Kier molecular flexibility index (Phi) is 63.7. The summed E-state index contributed by atoms with van der Waals surface area (Å²) in [4.78, 5) is 72.4. The highest BCUT2D eigenvalue weighted by atomic mass is 31.2. The van der Waals surface area contributed by atoms with E-state index in [0.29, 0.717) is 31.6 Å². The fraction of sp³-hybridized carbons (Fsp3) is 0.945. The summed E-state index contributed by atoms with van der Waals surface area (Å²) in [5, 5.41) is 10.6. The van der Waals surface area contributed by atoms with Gasteiger partial charge in [0.2, 0.25) is 0 Å². The lowest BCUT2D eigenvalue weighted by Crippen LogP contribution is -2.30. The van der Waals surface area contributed by atoms with Gasteiger partial charge >= 0.3 is 39.5 Å². The van der Waals surface area contributed by atoms with Gasteiger partial charge in [0, 0.05) is 25.7 Å². The Hall–Kier alpha value is -1.94. The molecule has 0 amide bonds. The number of aliphatic hydroxyl groups excluding tert-OH is 1. The van der Waals surface area contributed by atoms with Crippen LogP contribution in [0.25, 0.3) is 0 Å². The van der Waals surface area contributed by atoms with E-state index in [4.69, 9.17) is 37.0 Å². The Bertz CT molecular complexity index is 1790. The molecule has 0 radical (unpaired) electrons. The molecule has 0 bridgehead atoms. The Balaban J connectivity index is 5.14. The molecule has 0 fully saturated rings. The second-order valence-corrected chi connectivity index (χ2v) is 30.2. The molecule has 3 N–H and O–H groups in total. The molecule has 17 nitrogen and oxygen atoms in total. The molecule has 92 heavy (non-hydrogen) atoms. The van der Waals surface area contributed by atoms with Crippen LogP contribution in [0, 0.1) is 11.8 Å². The van der Waals surface area contributed by atoms with Gasteiger partial charge in [0.1, 0.15) is 19.3 Å². The number of carbonyl (C=O) groups is 4. The topological polar surface area (TPSA) is 237 Å². The van der Waals surface area contributed by atoms with Crippen LogP contribution >= 0.6 is 15.6 Å². The van der Waals surface area contributed by atoms with Gasteiger partial charge in [0.25, 0.3) is 0 Å². The highest BCUT2D eigenvalue weighted by molar-refractivity contribution is 7.47. The first kappa shape index (κ1) is 90.1. The molecule has 0 spiro atoms. The number of hydrogen-bond donors (Lipinski definition) is 3. The highest BCUT2D eigenvalue weighted by Crippen LogP contribution is 2.45. The van der Waals surface area contributed by atoms with Crippen LogP contribution in [-0.4, -0.2) is 96.7 Å². The molecule has 0 aromatic rings. The van der Waals surface area contributed by atoms with E-state index < -0.39 is 97.5 Å². The highest BCUT2D eigenvalue weighted by Gasteiger charge is 2.30. The zero-order valence-electron chi connectivity index (χ0n) is 59.9. The summed E-state index contributed by atoms with van der Waals surface area (Å²) in [6, 6.07) is 0. The fourth-order valence-corrected chi connectivity index (χ4v) is 12.7. The number of unbranched alkanes of at least 4 members (excludes halogenated alkanes) is 42. The second kappa shape index (κ2) is 65.0. The molecule has 0 saturated heterocycles. The number of carbonyl (C=O) groups excluding carboxylic acids is 4. The summed E-state index contributed by atoms with van der Waals surface area (Å²) in [6.45, 7) is 9.47. The second-order valence-electron chi connectivity index (χ2n) is 27.3. The molecule has 5 atom stereocenters. The minimum absolute atomic E-state index is 0.102. The largest absolute Gasteiger partial charge is 0.472 e. The Labute approximate surface area is 562 Å². The van der Waals surface area contributed by atoms with Crippen molar-refractivity contribution in [2.24, 2.45) is 11.8 Å². The third-order valence-corrected chi connectivity index (χ3v) is 18.9. The van der Waals surface area contributed by atoms with Crippen molar-refractivity contribution in [1.29, 1.82) is 0 Å².